The van der Waals surface area contributed by atoms with Gasteiger partial charge in [0.05, 0.1) is 13.2 Å². The molecule has 0 saturated heterocycles. The first-order valence-corrected chi connectivity index (χ1v) is 7.81. The topological polar surface area (TPSA) is 115 Å². The Morgan fingerprint density at radius 1 is 1.44 bits per heavy atom. The Bertz CT molecular complexity index is 967. The van der Waals surface area contributed by atoms with Crippen molar-refractivity contribution >= 4 is 28.7 Å². The molecular formula is C15H15ClN6O3. The lowest BCUT2D eigenvalue weighted by molar-refractivity contribution is 0.0940. The van der Waals surface area contributed by atoms with Crippen LogP contribution in [-0.2, 0) is 17.8 Å². The molecule has 2 heterocycles. The zero-order chi connectivity index (χ0) is 17.8. The number of fused-ring (bicyclic) bond motifs is 1. The molecule has 2 aromatic heterocycles. The van der Waals surface area contributed by atoms with Crippen molar-refractivity contribution in [3.05, 3.63) is 51.0 Å². The van der Waals surface area contributed by atoms with Crippen LogP contribution in [0.1, 0.15) is 16.2 Å². The molecule has 1 aromatic carbocycles. The molecule has 2 N–H and O–H groups in total. The summed E-state index contributed by atoms with van der Waals surface area (Å²) < 4.78 is 6.40. The number of hydrogen-bond donors (Lipinski definition) is 2. The highest BCUT2D eigenvalue weighted by atomic mass is 35.5. The summed E-state index contributed by atoms with van der Waals surface area (Å²) in [4.78, 5) is 30.9. The van der Waals surface area contributed by atoms with E-state index in [0.717, 1.165) is 5.56 Å². The Kier molecular flexibility index (Phi) is 5.05. The van der Waals surface area contributed by atoms with Crippen LogP contribution < -0.4 is 10.9 Å². The van der Waals surface area contributed by atoms with Crippen molar-refractivity contribution in [2.45, 2.75) is 13.1 Å². The van der Waals surface area contributed by atoms with E-state index in [-0.39, 0.29) is 23.5 Å². The van der Waals surface area contributed by atoms with Gasteiger partial charge in [0.1, 0.15) is 0 Å². The monoisotopic (exact) mass is 362 g/mol. The molecule has 0 spiro atoms. The standard InChI is InChI=1S/C15H15ClN6O3/c1-25-6-5-22-13-11(20-21-22)14(23)19-12(18-13)15(24)17-8-9-3-2-4-10(16)7-9/h2-4,7H,5-6,8H2,1H3,(H,17,24)(H,18,19,23). The summed E-state index contributed by atoms with van der Waals surface area (Å²) in [6, 6.07) is 7.10. The van der Waals surface area contributed by atoms with Crippen LogP contribution in [0, 0.1) is 0 Å². The molecule has 0 fully saturated rings. The number of hydrogen-bond acceptors (Lipinski definition) is 6. The largest absolute Gasteiger partial charge is 0.383 e. The number of carbonyl (C=O) groups excluding carboxylic acids is 1. The van der Waals surface area contributed by atoms with Crippen LogP contribution in [0.25, 0.3) is 11.2 Å². The summed E-state index contributed by atoms with van der Waals surface area (Å²) in [5.74, 6) is -0.626. The van der Waals surface area contributed by atoms with Crippen LogP contribution in [0.2, 0.25) is 5.02 Å². The highest BCUT2D eigenvalue weighted by molar-refractivity contribution is 6.30. The number of aromatic amines is 1. The van der Waals surface area contributed by atoms with E-state index < -0.39 is 11.5 Å². The zero-order valence-corrected chi connectivity index (χ0v) is 14.1. The van der Waals surface area contributed by atoms with E-state index in [1.807, 2.05) is 6.07 Å². The molecule has 0 radical (unpaired) electrons. The fourth-order valence-corrected chi connectivity index (χ4v) is 2.43. The van der Waals surface area contributed by atoms with Gasteiger partial charge in [-0.2, -0.15) is 0 Å². The second kappa shape index (κ2) is 7.41. The average Bonchev–Trinajstić information content (AvgIpc) is 3.01. The first-order chi connectivity index (χ1) is 12.1. The minimum Gasteiger partial charge on any atom is -0.383 e. The molecule has 0 aliphatic carbocycles. The third kappa shape index (κ3) is 3.83. The van der Waals surface area contributed by atoms with E-state index >= 15 is 0 Å². The Morgan fingerprint density at radius 3 is 3.04 bits per heavy atom. The summed E-state index contributed by atoms with van der Waals surface area (Å²) in [7, 11) is 1.55. The van der Waals surface area contributed by atoms with Gasteiger partial charge in [0.25, 0.3) is 11.5 Å². The normalized spacial score (nSPS) is 11.0. The number of carbonyl (C=O) groups is 1. The van der Waals surface area contributed by atoms with Gasteiger partial charge in [0.2, 0.25) is 5.82 Å². The van der Waals surface area contributed by atoms with Crippen molar-refractivity contribution < 1.29 is 9.53 Å². The van der Waals surface area contributed by atoms with E-state index in [2.05, 4.69) is 25.6 Å². The average molecular weight is 363 g/mol. The summed E-state index contributed by atoms with van der Waals surface area (Å²) in [6.07, 6.45) is 0. The van der Waals surface area contributed by atoms with Gasteiger partial charge in [0.15, 0.2) is 11.2 Å². The number of nitrogens with zero attached hydrogens (tertiary/aromatic N) is 4. The van der Waals surface area contributed by atoms with Crippen LogP contribution in [0.3, 0.4) is 0 Å². The van der Waals surface area contributed by atoms with Crippen molar-refractivity contribution in [2.24, 2.45) is 0 Å². The van der Waals surface area contributed by atoms with Crippen LogP contribution in [0.15, 0.2) is 29.1 Å². The van der Waals surface area contributed by atoms with Gasteiger partial charge in [-0.05, 0) is 17.7 Å². The Balaban J connectivity index is 1.82. The quantitative estimate of drug-likeness (QED) is 0.668. The van der Waals surface area contributed by atoms with Crippen molar-refractivity contribution in [2.75, 3.05) is 13.7 Å². The molecule has 3 rings (SSSR count). The van der Waals surface area contributed by atoms with Gasteiger partial charge in [-0.25, -0.2) is 9.67 Å². The number of amides is 1. The van der Waals surface area contributed by atoms with E-state index in [9.17, 15) is 9.59 Å². The van der Waals surface area contributed by atoms with Crippen LogP contribution in [0.5, 0.6) is 0 Å². The van der Waals surface area contributed by atoms with Gasteiger partial charge in [-0.1, -0.05) is 28.9 Å². The van der Waals surface area contributed by atoms with Crippen molar-refractivity contribution in [3.63, 3.8) is 0 Å². The fourth-order valence-electron chi connectivity index (χ4n) is 2.22. The lowest BCUT2D eigenvalue weighted by atomic mass is 10.2. The maximum absolute atomic E-state index is 12.3. The number of ether oxygens (including phenoxy) is 1. The molecule has 3 aromatic rings. The molecule has 0 aliphatic rings. The van der Waals surface area contributed by atoms with Gasteiger partial charge < -0.3 is 15.0 Å². The molecule has 0 saturated carbocycles. The number of aromatic nitrogens is 5. The summed E-state index contributed by atoms with van der Waals surface area (Å²) in [5.41, 5.74) is 0.605. The molecule has 9 nitrogen and oxygen atoms in total. The number of halogens is 1. The lowest BCUT2D eigenvalue weighted by Gasteiger charge is -2.06. The van der Waals surface area contributed by atoms with Gasteiger partial charge in [0, 0.05) is 18.7 Å². The summed E-state index contributed by atoms with van der Waals surface area (Å²) in [5, 5.41) is 10.9. The molecule has 0 atom stereocenters. The molecule has 0 aliphatic heterocycles. The molecular weight excluding hydrogens is 348 g/mol. The summed E-state index contributed by atoms with van der Waals surface area (Å²) >= 11 is 5.91. The smallest absolute Gasteiger partial charge is 0.287 e. The SMILES string of the molecule is COCCn1nnc2c(=O)[nH]c(C(=O)NCc3cccc(Cl)c3)nc21. The minimum atomic E-state index is -0.526. The Morgan fingerprint density at radius 2 is 2.28 bits per heavy atom. The highest BCUT2D eigenvalue weighted by Crippen LogP contribution is 2.10. The molecule has 10 heteroatoms. The lowest BCUT2D eigenvalue weighted by Crippen LogP contribution is -2.27. The predicted molar refractivity (Wildman–Crippen MR) is 90.4 cm³/mol. The number of methoxy groups -OCH3 is 1. The van der Waals surface area contributed by atoms with Crippen LogP contribution >= 0.6 is 11.6 Å². The van der Waals surface area contributed by atoms with Crippen LogP contribution in [-0.4, -0.2) is 44.6 Å². The number of nitrogens with one attached hydrogen (secondary N) is 2. The Hall–Kier alpha value is -2.78. The third-order valence-electron chi connectivity index (χ3n) is 3.44. The van der Waals surface area contributed by atoms with Gasteiger partial charge in [-0.3, -0.25) is 9.59 Å². The van der Waals surface area contributed by atoms with Crippen molar-refractivity contribution in [1.82, 2.24) is 30.3 Å². The minimum absolute atomic E-state index is 0.0718. The van der Waals surface area contributed by atoms with Gasteiger partial charge >= 0.3 is 0 Å². The third-order valence-corrected chi connectivity index (χ3v) is 3.67. The van der Waals surface area contributed by atoms with E-state index in [1.54, 1.807) is 25.3 Å². The van der Waals surface area contributed by atoms with E-state index in [4.69, 9.17) is 16.3 Å². The molecule has 25 heavy (non-hydrogen) atoms. The van der Waals surface area contributed by atoms with Crippen molar-refractivity contribution in [1.29, 1.82) is 0 Å². The number of rotatable bonds is 6. The molecule has 0 bridgehead atoms. The molecule has 130 valence electrons. The van der Waals surface area contributed by atoms with E-state index in [1.165, 1.54) is 4.68 Å². The Labute approximate surface area is 147 Å². The predicted octanol–water partition coefficient (Wildman–Crippen LogP) is 0.744. The van der Waals surface area contributed by atoms with Gasteiger partial charge in [-0.15, -0.1) is 5.10 Å². The first kappa shape index (κ1) is 17.1. The van der Waals surface area contributed by atoms with E-state index in [0.29, 0.717) is 18.2 Å². The number of benzene rings is 1. The highest BCUT2D eigenvalue weighted by Gasteiger charge is 2.16. The van der Waals surface area contributed by atoms with Crippen molar-refractivity contribution in [3.8, 4) is 0 Å². The molecule has 0 unspecified atom stereocenters. The van der Waals surface area contributed by atoms with Crippen LogP contribution in [0.4, 0.5) is 0 Å². The summed E-state index contributed by atoms with van der Waals surface area (Å²) in [6.45, 7) is 0.999. The molecule has 1 amide bonds. The maximum atomic E-state index is 12.3. The fraction of sp³-hybridized carbons (Fsp3) is 0.267. The maximum Gasteiger partial charge on any atom is 0.287 e. The zero-order valence-electron chi connectivity index (χ0n) is 13.3. The second-order valence-corrected chi connectivity index (χ2v) is 5.64. The number of H-pyrrole nitrogens is 1. The first-order valence-electron chi connectivity index (χ1n) is 7.43. The second-order valence-electron chi connectivity index (χ2n) is 5.20.